The van der Waals surface area contributed by atoms with E-state index >= 15 is 0 Å². The first-order chi connectivity index (χ1) is 10.3. The maximum atomic E-state index is 4.55. The molecule has 0 fully saturated rings. The molecule has 2 rings (SSSR count). The first-order valence-corrected chi connectivity index (χ1v) is 8.85. The summed E-state index contributed by atoms with van der Waals surface area (Å²) in [6.45, 7) is 15.4. The number of aryl methyl sites for hydroxylation is 2. The largest absolute Gasteiger partial charge is 0.244 e. The lowest BCUT2D eigenvalue weighted by Crippen LogP contribution is -2.06. The summed E-state index contributed by atoms with van der Waals surface area (Å²) < 4.78 is 0. The minimum atomic E-state index is 0.357. The molecule has 0 N–H and O–H groups in total. The van der Waals surface area contributed by atoms with Gasteiger partial charge in [0.1, 0.15) is 5.01 Å². The molecule has 1 heterocycles. The highest BCUT2D eigenvalue weighted by Crippen LogP contribution is 2.31. The maximum absolute atomic E-state index is 4.55. The predicted octanol–water partition coefficient (Wildman–Crippen LogP) is 6.52. The van der Waals surface area contributed by atoms with E-state index in [1.54, 1.807) is 11.3 Å². The van der Waals surface area contributed by atoms with Crippen molar-refractivity contribution in [3.8, 4) is 10.6 Å². The standard InChI is InChI=1S/C20H27NS/c1-7-14(2)17-10-16(8-9-20(4,5)6)11-18(12-17)19-21-13-15(3)22-19/h10-13H,2,7-9H2,1,3-6H3. The Hall–Kier alpha value is -1.41. The Morgan fingerprint density at radius 2 is 1.95 bits per heavy atom. The fourth-order valence-electron chi connectivity index (χ4n) is 2.38. The Balaban J connectivity index is 2.38. The van der Waals surface area contributed by atoms with Crippen LogP contribution in [0.25, 0.3) is 16.1 Å². The van der Waals surface area contributed by atoms with Crippen LogP contribution in [0.15, 0.2) is 31.0 Å². The zero-order valence-corrected chi connectivity index (χ0v) is 15.3. The van der Waals surface area contributed by atoms with Crippen molar-refractivity contribution in [1.82, 2.24) is 4.98 Å². The highest BCUT2D eigenvalue weighted by Gasteiger charge is 2.12. The van der Waals surface area contributed by atoms with Crippen molar-refractivity contribution < 1.29 is 0 Å². The van der Waals surface area contributed by atoms with Crippen LogP contribution in [0.1, 0.15) is 56.5 Å². The molecular weight excluding hydrogens is 286 g/mol. The number of hydrogen-bond donors (Lipinski definition) is 0. The second kappa shape index (κ2) is 6.78. The van der Waals surface area contributed by atoms with Crippen LogP contribution in [0.4, 0.5) is 0 Å². The van der Waals surface area contributed by atoms with Crippen LogP contribution in [-0.4, -0.2) is 4.98 Å². The van der Waals surface area contributed by atoms with Gasteiger partial charge in [0.25, 0.3) is 0 Å². The van der Waals surface area contributed by atoms with Crippen molar-refractivity contribution in [1.29, 1.82) is 0 Å². The second-order valence-electron chi connectivity index (χ2n) is 7.21. The van der Waals surface area contributed by atoms with Gasteiger partial charge in [0.15, 0.2) is 0 Å². The highest BCUT2D eigenvalue weighted by molar-refractivity contribution is 7.14. The molecule has 0 aliphatic carbocycles. The Kier molecular flexibility index (Phi) is 5.23. The van der Waals surface area contributed by atoms with Gasteiger partial charge in [-0.1, -0.05) is 40.3 Å². The number of aromatic nitrogens is 1. The quantitative estimate of drug-likeness (QED) is 0.612. The molecule has 0 saturated heterocycles. The van der Waals surface area contributed by atoms with Crippen LogP contribution in [0.2, 0.25) is 0 Å². The Morgan fingerprint density at radius 1 is 1.23 bits per heavy atom. The van der Waals surface area contributed by atoms with Crippen molar-refractivity contribution in [3.05, 3.63) is 47.0 Å². The van der Waals surface area contributed by atoms with Crippen LogP contribution in [-0.2, 0) is 6.42 Å². The molecule has 0 amide bonds. The Labute approximate surface area is 139 Å². The summed E-state index contributed by atoms with van der Waals surface area (Å²) in [5.41, 5.74) is 5.44. The van der Waals surface area contributed by atoms with E-state index in [0.29, 0.717) is 5.41 Å². The third kappa shape index (κ3) is 4.54. The summed E-state index contributed by atoms with van der Waals surface area (Å²) in [5.74, 6) is 0. The number of rotatable bonds is 5. The molecule has 0 bridgehead atoms. The van der Waals surface area contributed by atoms with E-state index < -0.39 is 0 Å². The minimum Gasteiger partial charge on any atom is -0.244 e. The highest BCUT2D eigenvalue weighted by atomic mass is 32.1. The van der Waals surface area contributed by atoms with E-state index in [4.69, 9.17) is 0 Å². The van der Waals surface area contributed by atoms with Crippen molar-refractivity contribution in [2.75, 3.05) is 0 Å². The van der Waals surface area contributed by atoms with Gasteiger partial charge >= 0.3 is 0 Å². The van der Waals surface area contributed by atoms with Crippen molar-refractivity contribution in [3.63, 3.8) is 0 Å². The number of thiazole rings is 1. The molecule has 0 aliphatic rings. The summed E-state index contributed by atoms with van der Waals surface area (Å²) in [7, 11) is 0. The van der Waals surface area contributed by atoms with Gasteiger partial charge in [-0.15, -0.1) is 11.3 Å². The van der Waals surface area contributed by atoms with Gasteiger partial charge in [0, 0.05) is 16.6 Å². The van der Waals surface area contributed by atoms with Gasteiger partial charge < -0.3 is 0 Å². The third-order valence-corrected chi connectivity index (χ3v) is 4.82. The SMILES string of the molecule is C=C(CC)c1cc(CCC(C)(C)C)cc(-c2ncc(C)s2)c1. The molecule has 2 aromatic rings. The number of benzene rings is 1. The molecule has 0 saturated carbocycles. The maximum Gasteiger partial charge on any atom is 0.123 e. The average molecular weight is 314 g/mol. The molecular formula is C20H27NS. The van der Waals surface area contributed by atoms with Gasteiger partial charge in [0.05, 0.1) is 0 Å². The monoisotopic (exact) mass is 313 g/mol. The molecule has 0 radical (unpaired) electrons. The van der Waals surface area contributed by atoms with Crippen LogP contribution >= 0.6 is 11.3 Å². The summed E-state index contributed by atoms with van der Waals surface area (Å²) in [6, 6.07) is 6.85. The van der Waals surface area contributed by atoms with E-state index in [2.05, 4.69) is 64.4 Å². The Bertz CT molecular complexity index is 659. The fraction of sp³-hybridized carbons (Fsp3) is 0.450. The lowest BCUT2D eigenvalue weighted by molar-refractivity contribution is 0.378. The van der Waals surface area contributed by atoms with E-state index in [0.717, 1.165) is 17.8 Å². The van der Waals surface area contributed by atoms with Crippen molar-refractivity contribution >= 4 is 16.9 Å². The molecule has 1 aromatic heterocycles. The lowest BCUT2D eigenvalue weighted by Gasteiger charge is -2.18. The fourth-order valence-corrected chi connectivity index (χ4v) is 3.13. The van der Waals surface area contributed by atoms with Crippen LogP contribution in [0.3, 0.4) is 0 Å². The summed E-state index contributed by atoms with van der Waals surface area (Å²) in [5, 5.41) is 1.11. The normalized spacial score (nSPS) is 11.7. The van der Waals surface area contributed by atoms with Crippen LogP contribution in [0, 0.1) is 12.3 Å². The van der Waals surface area contributed by atoms with Gasteiger partial charge in [-0.05, 0) is 60.4 Å². The lowest BCUT2D eigenvalue weighted by atomic mass is 9.87. The van der Waals surface area contributed by atoms with Crippen LogP contribution < -0.4 is 0 Å². The first kappa shape index (κ1) is 17.0. The van der Waals surface area contributed by atoms with Gasteiger partial charge in [-0.3, -0.25) is 0 Å². The zero-order valence-electron chi connectivity index (χ0n) is 14.5. The topological polar surface area (TPSA) is 12.9 Å². The summed E-state index contributed by atoms with van der Waals surface area (Å²) in [6.07, 6.45) is 5.23. The molecule has 0 spiro atoms. The van der Waals surface area contributed by atoms with E-state index in [-0.39, 0.29) is 0 Å². The molecule has 0 unspecified atom stereocenters. The van der Waals surface area contributed by atoms with E-state index in [9.17, 15) is 0 Å². The van der Waals surface area contributed by atoms with E-state index in [1.807, 2.05) is 6.20 Å². The third-order valence-electron chi connectivity index (χ3n) is 3.86. The molecule has 2 heteroatoms. The average Bonchev–Trinajstić information content (AvgIpc) is 2.90. The molecule has 22 heavy (non-hydrogen) atoms. The van der Waals surface area contributed by atoms with E-state index in [1.165, 1.54) is 33.6 Å². The smallest absolute Gasteiger partial charge is 0.123 e. The Morgan fingerprint density at radius 3 is 2.50 bits per heavy atom. The van der Waals surface area contributed by atoms with Crippen molar-refractivity contribution in [2.45, 2.75) is 53.9 Å². The van der Waals surface area contributed by atoms with Gasteiger partial charge in [-0.25, -0.2) is 4.98 Å². The minimum absolute atomic E-state index is 0.357. The van der Waals surface area contributed by atoms with Gasteiger partial charge in [-0.2, -0.15) is 0 Å². The molecule has 1 aromatic carbocycles. The zero-order chi connectivity index (χ0) is 16.3. The second-order valence-corrected chi connectivity index (χ2v) is 8.45. The molecule has 1 nitrogen and oxygen atoms in total. The number of nitrogens with zero attached hydrogens (tertiary/aromatic N) is 1. The predicted molar refractivity (Wildman–Crippen MR) is 99.4 cm³/mol. The molecule has 0 atom stereocenters. The first-order valence-electron chi connectivity index (χ1n) is 8.03. The van der Waals surface area contributed by atoms with Gasteiger partial charge in [0.2, 0.25) is 0 Å². The summed E-state index contributed by atoms with van der Waals surface area (Å²) in [4.78, 5) is 5.81. The molecule has 118 valence electrons. The molecule has 0 aliphatic heterocycles. The van der Waals surface area contributed by atoms with Crippen molar-refractivity contribution in [2.24, 2.45) is 5.41 Å². The number of allylic oxidation sites excluding steroid dienone is 1. The van der Waals surface area contributed by atoms with Crippen LogP contribution in [0.5, 0.6) is 0 Å². The summed E-state index contributed by atoms with van der Waals surface area (Å²) >= 11 is 1.76. The number of hydrogen-bond acceptors (Lipinski definition) is 2.